The minimum absolute atomic E-state index is 0. The Hall–Kier alpha value is -1.58. The molecule has 0 unspecified atom stereocenters. The zero-order valence-corrected chi connectivity index (χ0v) is 13.6. The van der Waals surface area contributed by atoms with E-state index in [1.807, 2.05) is 36.4 Å². The number of aromatic amines is 1. The molecule has 4 rings (SSSR count). The van der Waals surface area contributed by atoms with Crippen molar-refractivity contribution in [1.29, 1.82) is 0 Å². The van der Waals surface area contributed by atoms with E-state index < -0.39 is 0 Å². The fraction of sp³-hybridized carbons (Fsp3) is 0. The molecule has 20 heavy (non-hydrogen) atoms. The maximum atomic E-state index is 3.78. The summed E-state index contributed by atoms with van der Waals surface area (Å²) in [5, 5.41) is 12.6. The molecule has 0 aliphatic carbocycles. The van der Waals surface area contributed by atoms with Crippen molar-refractivity contribution < 1.29 is 32.7 Å². The molecular weight excluding hydrogens is 323 g/mol. The van der Waals surface area contributed by atoms with E-state index >= 15 is 0 Å². The van der Waals surface area contributed by atoms with E-state index in [1.54, 1.807) is 6.07 Å². The zero-order valence-electron chi connectivity index (χ0n) is 10.7. The smallest absolute Gasteiger partial charge is 0.00107 e. The SMILES string of the molecule is [Y].[c-]1ccc2[nH]nnc2c1.[c-]1cccc2ccccc12. The van der Waals surface area contributed by atoms with Crippen molar-refractivity contribution in [2.75, 3.05) is 0 Å². The average Bonchev–Trinajstić information content (AvgIpc) is 2.96. The summed E-state index contributed by atoms with van der Waals surface area (Å²) in [6.45, 7) is 0. The third-order valence-corrected chi connectivity index (χ3v) is 2.74. The standard InChI is InChI=1S/C10H7.C6H4N3.Y/c1-2-6-10-8-4-3-7-9(10)5-1;1-2-4-6-5(3-1)7-9-8-6;/h1-7H;1,3-4H,(H,7,8,9);/q2*-1;. The molecule has 3 aromatic carbocycles. The van der Waals surface area contributed by atoms with Gasteiger partial charge in [0.2, 0.25) is 0 Å². The monoisotopic (exact) mass is 334 g/mol. The molecule has 0 aliphatic heterocycles. The van der Waals surface area contributed by atoms with E-state index in [0.29, 0.717) is 0 Å². The first-order chi connectivity index (χ1) is 9.43. The summed E-state index contributed by atoms with van der Waals surface area (Å²) in [5.74, 6) is 0. The van der Waals surface area contributed by atoms with Crippen molar-refractivity contribution >= 4 is 21.8 Å². The number of fused-ring (bicyclic) bond motifs is 2. The fourth-order valence-electron chi connectivity index (χ4n) is 1.80. The zero-order chi connectivity index (χ0) is 12.9. The number of nitrogens with one attached hydrogen (secondary N) is 1. The second-order valence-corrected chi connectivity index (χ2v) is 4.01. The van der Waals surface area contributed by atoms with E-state index in [1.165, 1.54) is 10.8 Å². The minimum atomic E-state index is 0. The minimum Gasteiger partial charge on any atom is -0.283 e. The molecule has 1 aromatic heterocycles. The van der Waals surface area contributed by atoms with Crippen LogP contribution in [-0.2, 0) is 32.7 Å². The summed E-state index contributed by atoms with van der Waals surface area (Å²) in [6.07, 6.45) is 0. The molecule has 0 saturated carbocycles. The van der Waals surface area contributed by atoms with Gasteiger partial charge in [-0.1, -0.05) is 17.3 Å². The molecular formula is C16H11N3Y-2. The molecule has 3 nitrogen and oxygen atoms in total. The number of nitrogens with zero attached hydrogens (tertiary/aromatic N) is 2. The van der Waals surface area contributed by atoms with Gasteiger partial charge in [0.1, 0.15) is 0 Å². The van der Waals surface area contributed by atoms with E-state index in [0.717, 1.165) is 11.0 Å². The Bertz CT molecular complexity index is 700. The van der Waals surface area contributed by atoms with Crippen LogP contribution in [0, 0.1) is 12.1 Å². The van der Waals surface area contributed by atoms with Crippen LogP contribution in [0.15, 0.2) is 60.7 Å². The number of aromatic nitrogens is 3. The maximum absolute atomic E-state index is 3.78. The Kier molecular flexibility index (Phi) is 5.39. The average molecular weight is 334 g/mol. The molecule has 1 heterocycles. The number of H-pyrrole nitrogens is 1. The summed E-state index contributed by atoms with van der Waals surface area (Å²) in [4.78, 5) is 0. The van der Waals surface area contributed by atoms with Crippen LogP contribution < -0.4 is 0 Å². The molecule has 4 heteroatoms. The summed E-state index contributed by atoms with van der Waals surface area (Å²) >= 11 is 0. The second kappa shape index (κ2) is 7.27. The topological polar surface area (TPSA) is 41.6 Å². The molecule has 0 bridgehead atoms. The van der Waals surface area contributed by atoms with Gasteiger partial charge < -0.3 is 0 Å². The Morgan fingerprint density at radius 1 is 0.950 bits per heavy atom. The molecule has 0 aliphatic rings. The first-order valence-corrected chi connectivity index (χ1v) is 5.96. The van der Waals surface area contributed by atoms with E-state index in [9.17, 15) is 0 Å². The quantitative estimate of drug-likeness (QED) is 0.501. The van der Waals surface area contributed by atoms with Gasteiger partial charge in [-0.05, 0) is 5.52 Å². The molecule has 95 valence electrons. The first kappa shape index (κ1) is 14.8. The van der Waals surface area contributed by atoms with Gasteiger partial charge in [-0.2, -0.15) is 17.2 Å². The second-order valence-electron chi connectivity index (χ2n) is 4.01. The van der Waals surface area contributed by atoms with Gasteiger partial charge in [0.15, 0.2) is 0 Å². The third-order valence-electron chi connectivity index (χ3n) is 2.74. The Labute approximate surface area is 142 Å². The summed E-state index contributed by atoms with van der Waals surface area (Å²) < 4.78 is 0. The van der Waals surface area contributed by atoms with Gasteiger partial charge in [-0.15, -0.1) is 59.3 Å². The maximum Gasteiger partial charge on any atom is 0.00107 e. The normalized spacial score (nSPS) is 9.60. The predicted octanol–water partition coefficient (Wildman–Crippen LogP) is 3.40. The molecule has 0 saturated heterocycles. The van der Waals surface area contributed by atoms with Crippen molar-refractivity contribution in [2.24, 2.45) is 0 Å². The molecule has 0 spiro atoms. The Morgan fingerprint density at radius 2 is 1.80 bits per heavy atom. The third kappa shape index (κ3) is 3.50. The van der Waals surface area contributed by atoms with Crippen LogP contribution in [0.2, 0.25) is 0 Å². The summed E-state index contributed by atoms with van der Waals surface area (Å²) in [6, 6.07) is 25.8. The molecule has 0 amide bonds. The van der Waals surface area contributed by atoms with Gasteiger partial charge in [0, 0.05) is 38.2 Å². The number of hydrogen-bond donors (Lipinski definition) is 1. The largest absolute Gasteiger partial charge is 0.283 e. The van der Waals surface area contributed by atoms with E-state index in [-0.39, 0.29) is 32.7 Å². The van der Waals surface area contributed by atoms with Crippen LogP contribution in [-0.4, -0.2) is 15.4 Å². The molecule has 0 atom stereocenters. The Balaban J connectivity index is 0.000000141. The van der Waals surface area contributed by atoms with E-state index in [2.05, 4.69) is 45.7 Å². The van der Waals surface area contributed by atoms with Crippen molar-refractivity contribution in [3.8, 4) is 0 Å². The molecule has 1 radical (unpaired) electrons. The summed E-state index contributed by atoms with van der Waals surface area (Å²) in [5.41, 5.74) is 1.81. The number of hydrogen-bond acceptors (Lipinski definition) is 2. The molecule has 0 fully saturated rings. The van der Waals surface area contributed by atoms with Gasteiger partial charge in [0.05, 0.1) is 0 Å². The van der Waals surface area contributed by atoms with Crippen LogP contribution in [0.5, 0.6) is 0 Å². The van der Waals surface area contributed by atoms with Gasteiger partial charge in [-0.3, -0.25) is 5.10 Å². The van der Waals surface area contributed by atoms with Crippen molar-refractivity contribution in [3.05, 3.63) is 72.8 Å². The number of rotatable bonds is 0. The molecule has 4 aromatic rings. The van der Waals surface area contributed by atoms with Crippen LogP contribution in [0.25, 0.3) is 21.8 Å². The first-order valence-electron chi connectivity index (χ1n) is 5.96. The Morgan fingerprint density at radius 3 is 2.65 bits per heavy atom. The van der Waals surface area contributed by atoms with Crippen molar-refractivity contribution in [3.63, 3.8) is 0 Å². The van der Waals surface area contributed by atoms with Gasteiger partial charge >= 0.3 is 0 Å². The van der Waals surface area contributed by atoms with Crippen LogP contribution >= 0.6 is 0 Å². The van der Waals surface area contributed by atoms with Crippen LogP contribution in [0.3, 0.4) is 0 Å². The summed E-state index contributed by atoms with van der Waals surface area (Å²) in [7, 11) is 0. The van der Waals surface area contributed by atoms with Gasteiger partial charge in [-0.25, -0.2) is 0 Å². The molecule has 1 N–H and O–H groups in total. The fourth-order valence-corrected chi connectivity index (χ4v) is 1.80. The predicted molar refractivity (Wildman–Crippen MR) is 75.5 cm³/mol. The number of benzene rings is 3. The van der Waals surface area contributed by atoms with E-state index in [4.69, 9.17) is 0 Å². The van der Waals surface area contributed by atoms with Gasteiger partial charge in [0.25, 0.3) is 0 Å². The van der Waals surface area contributed by atoms with Crippen molar-refractivity contribution in [1.82, 2.24) is 15.4 Å². The van der Waals surface area contributed by atoms with Crippen LogP contribution in [0.1, 0.15) is 0 Å². The van der Waals surface area contributed by atoms with Crippen LogP contribution in [0.4, 0.5) is 0 Å². The van der Waals surface area contributed by atoms with Crippen molar-refractivity contribution in [2.45, 2.75) is 0 Å².